The van der Waals surface area contributed by atoms with Crippen LogP contribution in [0.15, 0.2) is 24.3 Å². The number of carbonyl (C=O) groups is 1. The minimum Gasteiger partial charge on any atom is -0.458 e. The molecule has 0 aromatic heterocycles. The Kier molecular flexibility index (Phi) is 2.46. The molecule has 1 N–H and O–H groups in total. The highest BCUT2D eigenvalue weighted by atomic mass is 16.6. The lowest BCUT2D eigenvalue weighted by molar-refractivity contribution is -0.145. The lowest BCUT2D eigenvalue weighted by Crippen LogP contribution is -2.50. The minimum absolute atomic E-state index is 0.0909. The molecule has 0 radical (unpaired) electrons. The van der Waals surface area contributed by atoms with E-state index in [-0.39, 0.29) is 35.4 Å². The molecule has 1 heterocycles. The maximum atomic E-state index is 11.6. The van der Waals surface area contributed by atoms with Gasteiger partial charge in [-0.1, -0.05) is 25.7 Å². The molecule has 2 saturated carbocycles. The molecule has 0 aromatic carbocycles. The van der Waals surface area contributed by atoms with Crippen LogP contribution in [0.5, 0.6) is 0 Å². The van der Waals surface area contributed by atoms with E-state index in [4.69, 9.17) is 4.74 Å². The summed E-state index contributed by atoms with van der Waals surface area (Å²) in [6, 6.07) is 0. The number of carbonyl (C=O) groups excluding carboxylic acids is 1. The number of hydrogen-bond acceptors (Lipinski definition) is 3. The van der Waals surface area contributed by atoms with Gasteiger partial charge in [-0.3, -0.25) is 0 Å². The topological polar surface area (TPSA) is 46.5 Å². The molecule has 0 aromatic rings. The standard InChI is InChI=1S/C15H20O3/c1-8-4-5-13(16)15(3)7-12-10(6-11(8)15)9(2)14(17)18-12/h10-13,16H,1-2,4-7H2,3H3/t10-,11+,12-,13-,15-/m0/s1. The fraction of sp³-hybridized carbons (Fsp3) is 0.667. The lowest BCUT2D eigenvalue weighted by atomic mass is 9.54. The molecule has 0 unspecified atom stereocenters. The Bertz CT molecular complexity index is 439. The molecule has 0 amide bonds. The first-order valence-corrected chi connectivity index (χ1v) is 6.69. The number of aliphatic hydroxyl groups is 1. The van der Waals surface area contributed by atoms with Crippen molar-refractivity contribution in [1.29, 1.82) is 0 Å². The molecule has 3 nitrogen and oxygen atoms in total. The number of ether oxygens (including phenoxy) is 1. The van der Waals surface area contributed by atoms with Gasteiger partial charge in [0.05, 0.1) is 6.10 Å². The van der Waals surface area contributed by atoms with Gasteiger partial charge in [-0.05, 0) is 31.6 Å². The predicted octanol–water partition coefficient (Wildman–Crippen LogP) is 2.21. The Morgan fingerprint density at radius 2 is 2.17 bits per heavy atom. The number of fused-ring (bicyclic) bond motifs is 2. The van der Waals surface area contributed by atoms with E-state index in [0.717, 1.165) is 25.7 Å². The molecule has 5 atom stereocenters. The molecular weight excluding hydrogens is 228 g/mol. The molecule has 0 spiro atoms. The van der Waals surface area contributed by atoms with Gasteiger partial charge >= 0.3 is 5.97 Å². The Balaban J connectivity index is 1.94. The van der Waals surface area contributed by atoms with E-state index in [1.807, 2.05) is 0 Å². The van der Waals surface area contributed by atoms with E-state index in [9.17, 15) is 9.90 Å². The molecule has 98 valence electrons. The van der Waals surface area contributed by atoms with Gasteiger partial charge in [-0.25, -0.2) is 4.79 Å². The fourth-order valence-corrected chi connectivity index (χ4v) is 4.08. The average Bonchev–Trinajstić information content (AvgIpc) is 2.58. The summed E-state index contributed by atoms with van der Waals surface area (Å²) in [5.41, 5.74) is 1.63. The fourth-order valence-electron chi connectivity index (χ4n) is 4.08. The summed E-state index contributed by atoms with van der Waals surface area (Å²) < 4.78 is 5.40. The van der Waals surface area contributed by atoms with Crippen molar-refractivity contribution < 1.29 is 14.6 Å². The highest BCUT2D eigenvalue weighted by Crippen LogP contribution is 2.56. The molecule has 3 heteroatoms. The summed E-state index contributed by atoms with van der Waals surface area (Å²) in [7, 11) is 0. The van der Waals surface area contributed by atoms with E-state index >= 15 is 0 Å². The van der Waals surface area contributed by atoms with E-state index in [0.29, 0.717) is 5.57 Å². The number of rotatable bonds is 0. The van der Waals surface area contributed by atoms with Crippen molar-refractivity contribution in [2.75, 3.05) is 0 Å². The van der Waals surface area contributed by atoms with Crippen molar-refractivity contribution in [3.05, 3.63) is 24.3 Å². The van der Waals surface area contributed by atoms with Gasteiger partial charge in [0.15, 0.2) is 0 Å². The molecule has 3 aliphatic rings. The number of allylic oxidation sites excluding steroid dienone is 1. The molecule has 2 aliphatic carbocycles. The van der Waals surface area contributed by atoms with E-state index in [1.54, 1.807) is 0 Å². The van der Waals surface area contributed by atoms with Gasteiger partial charge in [-0.2, -0.15) is 0 Å². The van der Waals surface area contributed by atoms with Crippen LogP contribution in [0.4, 0.5) is 0 Å². The Hall–Kier alpha value is -1.09. The SMILES string of the molecule is C=C1CC[C@H](O)[C@@]2(C)C[C@@H]3OC(=O)C(=C)[C@@H]3C[C@H]12. The van der Waals surface area contributed by atoms with E-state index < -0.39 is 0 Å². The van der Waals surface area contributed by atoms with Crippen molar-refractivity contribution in [1.82, 2.24) is 0 Å². The second-order valence-corrected chi connectivity index (χ2v) is 6.29. The Morgan fingerprint density at radius 1 is 1.44 bits per heavy atom. The molecule has 1 aliphatic heterocycles. The van der Waals surface area contributed by atoms with Gasteiger partial charge in [0, 0.05) is 16.9 Å². The summed E-state index contributed by atoms with van der Waals surface area (Å²) in [6.07, 6.45) is 2.83. The zero-order chi connectivity index (χ0) is 13.1. The normalized spacial score (nSPS) is 47.6. The van der Waals surface area contributed by atoms with Crippen LogP contribution < -0.4 is 0 Å². The minimum atomic E-state index is -0.318. The third-order valence-corrected chi connectivity index (χ3v) is 5.34. The molecule has 3 fully saturated rings. The zero-order valence-electron chi connectivity index (χ0n) is 10.8. The van der Waals surface area contributed by atoms with Gasteiger partial charge in [-0.15, -0.1) is 0 Å². The summed E-state index contributed by atoms with van der Waals surface area (Å²) in [5, 5.41) is 10.3. The molecule has 18 heavy (non-hydrogen) atoms. The highest BCUT2D eigenvalue weighted by Gasteiger charge is 2.55. The quantitative estimate of drug-likeness (QED) is 0.406. The monoisotopic (exact) mass is 248 g/mol. The molecule has 1 saturated heterocycles. The van der Waals surface area contributed by atoms with Crippen LogP contribution in [-0.4, -0.2) is 23.3 Å². The van der Waals surface area contributed by atoms with Crippen LogP contribution in [-0.2, 0) is 9.53 Å². The van der Waals surface area contributed by atoms with Crippen LogP contribution >= 0.6 is 0 Å². The molecule has 0 bridgehead atoms. The lowest BCUT2D eigenvalue weighted by Gasteiger charge is -2.51. The maximum Gasteiger partial charge on any atom is 0.334 e. The third-order valence-electron chi connectivity index (χ3n) is 5.34. The van der Waals surface area contributed by atoms with Crippen LogP contribution in [0.25, 0.3) is 0 Å². The van der Waals surface area contributed by atoms with E-state index in [1.165, 1.54) is 5.57 Å². The van der Waals surface area contributed by atoms with Gasteiger partial charge in [0.1, 0.15) is 6.10 Å². The Morgan fingerprint density at radius 3 is 2.89 bits per heavy atom. The largest absolute Gasteiger partial charge is 0.458 e. The second kappa shape index (κ2) is 3.70. The summed E-state index contributed by atoms with van der Waals surface area (Å²) >= 11 is 0. The van der Waals surface area contributed by atoms with Crippen LogP contribution in [0.3, 0.4) is 0 Å². The number of esters is 1. The number of aliphatic hydroxyl groups excluding tert-OH is 1. The smallest absolute Gasteiger partial charge is 0.334 e. The van der Waals surface area contributed by atoms with Gasteiger partial charge < -0.3 is 9.84 Å². The van der Waals surface area contributed by atoms with Crippen LogP contribution in [0.1, 0.15) is 32.6 Å². The first kappa shape index (κ1) is 12.0. The molecular formula is C15H20O3. The summed E-state index contributed by atoms with van der Waals surface area (Å²) in [4.78, 5) is 11.6. The average molecular weight is 248 g/mol. The predicted molar refractivity (Wildman–Crippen MR) is 67.7 cm³/mol. The summed E-state index contributed by atoms with van der Waals surface area (Å²) in [6.45, 7) is 10.1. The van der Waals surface area contributed by atoms with Crippen molar-refractivity contribution in [2.24, 2.45) is 17.3 Å². The Labute approximate surface area is 108 Å². The van der Waals surface area contributed by atoms with Crippen LogP contribution in [0, 0.1) is 17.3 Å². The first-order valence-electron chi connectivity index (χ1n) is 6.69. The first-order chi connectivity index (χ1) is 8.43. The van der Waals surface area contributed by atoms with Crippen molar-refractivity contribution in [3.8, 4) is 0 Å². The third kappa shape index (κ3) is 1.43. The van der Waals surface area contributed by atoms with Gasteiger partial charge in [0.2, 0.25) is 0 Å². The van der Waals surface area contributed by atoms with E-state index in [2.05, 4.69) is 20.1 Å². The van der Waals surface area contributed by atoms with Gasteiger partial charge in [0.25, 0.3) is 0 Å². The second-order valence-electron chi connectivity index (χ2n) is 6.29. The summed E-state index contributed by atoms with van der Waals surface area (Å²) in [5.74, 6) is 0.152. The van der Waals surface area contributed by atoms with Crippen LogP contribution in [0.2, 0.25) is 0 Å². The van der Waals surface area contributed by atoms with Crippen molar-refractivity contribution in [2.45, 2.75) is 44.8 Å². The zero-order valence-corrected chi connectivity index (χ0v) is 10.8. The van der Waals surface area contributed by atoms with Crippen molar-refractivity contribution in [3.63, 3.8) is 0 Å². The number of hydrogen-bond donors (Lipinski definition) is 1. The molecule has 3 rings (SSSR count). The maximum absolute atomic E-state index is 11.6. The highest BCUT2D eigenvalue weighted by molar-refractivity contribution is 5.90. The van der Waals surface area contributed by atoms with Crippen molar-refractivity contribution >= 4 is 5.97 Å².